The summed E-state index contributed by atoms with van der Waals surface area (Å²) in [5, 5.41) is 0. The van der Waals surface area contributed by atoms with Crippen molar-refractivity contribution in [2.75, 3.05) is 0 Å². The zero-order valence-corrected chi connectivity index (χ0v) is 10.7. The zero-order chi connectivity index (χ0) is 15.9. The molecule has 0 saturated heterocycles. The van der Waals surface area contributed by atoms with Gasteiger partial charge in [-0.05, 0) is 12.8 Å². The number of rotatable bonds is 3. The number of benzene rings is 1. The minimum atomic E-state index is -4.65. The number of hydrogen-bond donors (Lipinski definition) is 0. The molecule has 0 aromatic heterocycles. The molecule has 1 aliphatic rings. The summed E-state index contributed by atoms with van der Waals surface area (Å²) in [5.41, 5.74) is -3.87. The predicted octanol–water partition coefficient (Wildman–Crippen LogP) is 5.33. The van der Waals surface area contributed by atoms with Crippen LogP contribution < -0.4 is 0 Å². The summed E-state index contributed by atoms with van der Waals surface area (Å²) < 4.78 is 94.4. The van der Waals surface area contributed by atoms with Crippen molar-refractivity contribution in [3.8, 4) is 0 Å². The Morgan fingerprint density at radius 1 is 0.905 bits per heavy atom. The molecule has 0 spiro atoms. The topological polar surface area (TPSA) is 0 Å². The Hall–Kier alpha value is -1.79. The van der Waals surface area contributed by atoms with Gasteiger partial charge < -0.3 is 0 Å². The van der Waals surface area contributed by atoms with Crippen LogP contribution in [0.25, 0.3) is 5.83 Å². The van der Waals surface area contributed by atoms with E-state index in [2.05, 4.69) is 0 Å². The van der Waals surface area contributed by atoms with Crippen molar-refractivity contribution >= 4 is 5.83 Å². The first-order valence-corrected chi connectivity index (χ1v) is 6.03. The van der Waals surface area contributed by atoms with Gasteiger partial charge in [0.05, 0.1) is 5.56 Å². The number of fused-ring (bicyclic) bond motifs is 1. The molecule has 7 heteroatoms. The number of hydrogen-bond acceptors (Lipinski definition) is 0. The van der Waals surface area contributed by atoms with E-state index in [0.29, 0.717) is 6.42 Å². The second kappa shape index (κ2) is 5.20. The van der Waals surface area contributed by atoms with E-state index in [4.69, 9.17) is 0 Å². The fraction of sp³-hybridized carbons (Fsp3) is 0.286. The summed E-state index contributed by atoms with van der Waals surface area (Å²) >= 11 is 0. The molecule has 0 N–H and O–H groups in total. The molecule has 1 aromatic carbocycles. The van der Waals surface area contributed by atoms with Gasteiger partial charge in [0.1, 0.15) is 0 Å². The molecule has 0 aliphatic heterocycles. The van der Waals surface area contributed by atoms with E-state index in [9.17, 15) is 30.7 Å². The van der Waals surface area contributed by atoms with Gasteiger partial charge in [0.25, 0.3) is 0 Å². The van der Waals surface area contributed by atoms with Crippen LogP contribution in [0.2, 0.25) is 0 Å². The molecular formula is C14H9F7. The fourth-order valence-electron chi connectivity index (χ4n) is 2.16. The fourth-order valence-corrected chi connectivity index (χ4v) is 2.16. The Labute approximate surface area is 115 Å². The first-order chi connectivity index (χ1) is 9.75. The van der Waals surface area contributed by atoms with Gasteiger partial charge in [-0.15, -0.1) is 0 Å². The van der Waals surface area contributed by atoms with Gasteiger partial charge in [-0.3, -0.25) is 0 Å². The van der Waals surface area contributed by atoms with E-state index in [1.807, 2.05) is 0 Å². The summed E-state index contributed by atoms with van der Waals surface area (Å²) in [6, 6.07) is 0. The smallest absolute Gasteiger partial charge is 0.203 e. The second-order valence-electron chi connectivity index (χ2n) is 4.46. The summed E-state index contributed by atoms with van der Waals surface area (Å²) in [6.07, 6.45) is 2.82. The molecule has 1 aromatic rings. The molecule has 0 fully saturated rings. The van der Waals surface area contributed by atoms with Gasteiger partial charge in [-0.1, -0.05) is 19.1 Å². The zero-order valence-electron chi connectivity index (χ0n) is 10.7. The molecule has 0 bridgehead atoms. The van der Waals surface area contributed by atoms with Gasteiger partial charge in [-0.25, -0.2) is 22.0 Å². The van der Waals surface area contributed by atoms with E-state index in [0.717, 1.165) is 0 Å². The van der Waals surface area contributed by atoms with Crippen LogP contribution in [0.4, 0.5) is 30.7 Å². The van der Waals surface area contributed by atoms with Crippen LogP contribution >= 0.6 is 0 Å². The van der Waals surface area contributed by atoms with Crippen LogP contribution in [0.15, 0.2) is 18.0 Å². The van der Waals surface area contributed by atoms with E-state index >= 15 is 0 Å². The van der Waals surface area contributed by atoms with E-state index in [-0.39, 0.29) is 0 Å². The number of alkyl halides is 2. The average molecular weight is 310 g/mol. The summed E-state index contributed by atoms with van der Waals surface area (Å²) in [6.45, 7) is 1.72. The Morgan fingerprint density at radius 2 is 1.52 bits per heavy atom. The van der Waals surface area contributed by atoms with Crippen molar-refractivity contribution < 1.29 is 30.7 Å². The first-order valence-electron chi connectivity index (χ1n) is 6.03. The second-order valence-corrected chi connectivity index (χ2v) is 4.46. The average Bonchev–Trinajstić information content (AvgIpc) is 2.61. The van der Waals surface area contributed by atoms with Gasteiger partial charge >= 0.3 is 5.92 Å². The maximum atomic E-state index is 13.7. The van der Waals surface area contributed by atoms with Crippen molar-refractivity contribution in [1.82, 2.24) is 0 Å². The van der Waals surface area contributed by atoms with Crippen molar-refractivity contribution in [3.05, 3.63) is 52.1 Å². The highest BCUT2D eigenvalue weighted by Gasteiger charge is 2.53. The third-order valence-corrected chi connectivity index (χ3v) is 3.15. The third kappa shape index (κ3) is 2.15. The highest BCUT2D eigenvalue weighted by atomic mass is 19.3. The minimum absolute atomic E-state index is 0.462. The lowest BCUT2D eigenvalue weighted by Gasteiger charge is -2.14. The van der Waals surface area contributed by atoms with Crippen molar-refractivity contribution in [2.45, 2.75) is 25.7 Å². The van der Waals surface area contributed by atoms with Crippen molar-refractivity contribution in [1.29, 1.82) is 0 Å². The van der Waals surface area contributed by atoms with Crippen LogP contribution in [-0.2, 0) is 12.3 Å². The summed E-state index contributed by atoms with van der Waals surface area (Å²) in [5.74, 6) is -15.5. The van der Waals surface area contributed by atoms with Crippen LogP contribution in [0.1, 0.15) is 30.0 Å². The molecule has 0 saturated carbocycles. The quantitative estimate of drug-likeness (QED) is 0.402. The largest absolute Gasteiger partial charge is 0.330 e. The highest BCUT2D eigenvalue weighted by Crippen LogP contribution is 2.53. The van der Waals surface area contributed by atoms with Crippen LogP contribution in [0.5, 0.6) is 0 Å². The van der Waals surface area contributed by atoms with Crippen LogP contribution in [-0.4, -0.2) is 0 Å². The normalized spacial score (nSPS) is 17.0. The molecule has 0 heterocycles. The van der Waals surface area contributed by atoms with Crippen molar-refractivity contribution in [3.63, 3.8) is 0 Å². The minimum Gasteiger partial charge on any atom is -0.203 e. The van der Waals surface area contributed by atoms with Crippen LogP contribution in [0, 0.1) is 17.5 Å². The Bertz CT molecular complexity index is 656. The molecule has 2 rings (SSSR count). The molecule has 1 aliphatic carbocycles. The predicted molar refractivity (Wildman–Crippen MR) is 62.5 cm³/mol. The maximum Gasteiger partial charge on any atom is 0.330 e. The lowest BCUT2D eigenvalue weighted by atomic mass is 9.97. The third-order valence-electron chi connectivity index (χ3n) is 3.15. The molecule has 21 heavy (non-hydrogen) atoms. The number of allylic oxidation sites excluding steroid dienone is 3. The standard InChI is InChI=1S/C14H9F7/c1-2-3-4-5-6-7-8(11(17)12(18)9(6)15)14(20,21)13(19)10(7)16/h3-4H,2,5H2,1H3. The Balaban J connectivity index is 2.78. The first kappa shape index (κ1) is 15.6. The molecule has 0 radical (unpaired) electrons. The van der Waals surface area contributed by atoms with E-state index in [1.165, 1.54) is 12.2 Å². The lowest BCUT2D eigenvalue weighted by Crippen LogP contribution is -2.16. The van der Waals surface area contributed by atoms with Gasteiger partial charge in [0.15, 0.2) is 23.3 Å². The number of halogens is 7. The molecule has 0 nitrogen and oxygen atoms in total. The van der Waals surface area contributed by atoms with Gasteiger partial charge in [-0.2, -0.15) is 8.78 Å². The maximum absolute atomic E-state index is 13.7. The highest BCUT2D eigenvalue weighted by molar-refractivity contribution is 5.75. The van der Waals surface area contributed by atoms with Crippen molar-refractivity contribution in [2.24, 2.45) is 0 Å². The van der Waals surface area contributed by atoms with Gasteiger partial charge in [0, 0.05) is 11.1 Å². The summed E-state index contributed by atoms with van der Waals surface area (Å²) in [7, 11) is 0. The molecule has 0 amide bonds. The molecule has 0 unspecified atom stereocenters. The lowest BCUT2D eigenvalue weighted by molar-refractivity contribution is 0.0138. The molecule has 0 atom stereocenters. The van der Waals surface area contributed by atoms with Gasteiger partial charge in [0.2, 0.25) is 5.83 Å². The summed E-state index contributed by atoms with van der Waals surface area (Å²) in [4.78, 5) is 0. The SMILES string of the molecule is CCC=CCc1c(F)c(F)c(F)c2c1C(F)=C(F)C2(F)F. The van der Waals surface area contributed by atoms with E-state index in [1.54, 1.807) is 6.92 Å². The monoisotopic (exact) mass is 310 g/mol. The molecular weight excluding hydrogens is 301 g/mol. The van der Waals surface area contributed by atoms with E-state index < -0.39 is 58.1 Å². The Kier molecular flexibility index (Phi) is 3.86. The molecule has 114 valence electrons. The Morgan fingerprint density at radius 3 is 2.10 bits per heavy atom. The van der Waals surface area contributed by atoms with Crippen LogP contribution in [0.3, 0.4) is 0 Å².